The molecular formula is C27H26FN3O4. The second-order valence-corrected chi connectivity index (χ2v) is 8.80. The number of carbonyl (C=O) groups excluding carboxylic acids is 2. The highest BCUT2D eigenvalue weighted by Crippen LogP contribution is 2.57. The van der Waals surface area contributed by atoms with Crippen LogP contribution in [0.5, 0.6) is 0 Å². The maximum absolute atomic E-state index is 14.6. The third-order valence-corrected chi connectivity index (χ3v) is 6.56. The molecule has 1 saturated heterocycles. The van der Waals surface area contributed by atoms with E-state index >= 15 is 0 Å². The summed E-state index contributed by atoms with van der Waals surface area (Å²) in [5.41, 5.74) is 1.50. The smallest absolute Gasteiger partial charge is 0.339 e. The molecule has 1 amide bonds. The van der Waals surface area contributed by atoms with E-state index < -0.39 is 35.3 Å². The third-order valence-electron chi connectivity index (χ3n) is 6.56. The van der Waals surface area contributed by atoms with Gasteiger partial charge in [-0.1, -0.05) is 30.3 Å². The number of amides is 1. The van der Waals surface area contributed by atoms with Crippen LogP contribution >= 0.6 is 0 Å². The molecule has 5 rings (SSSR count). The van der Waals surface area contributed by atoms with Gasteiger partial charge in [0.25, 0.3) is 0 Å². The van der Waals surface area contributed by atoms with E-state index in [1.54, 1.807) is 12.0 Å². The number of anilines is 3. The first kappa shape index (κ1) is 22.9. The molecule has 3 unspecified atom stereocenters. The lowest BCUT2D eigenvalue weighted by molar-refractivity contribution is -0.159. The van der Waals surface area contributed by atoms with E-state index in [1.807, 2.05) is 73.6 Å². The van der Waals surface area contributed by atoms with Gasteiger partial charge >= 0.3 is 5.97 Å². The number of hydroxylamine groups is 1. The molecule has 1 spiro atoms. The molecule has 2 heterocycles. The average Bonchev–Trinajstić information content (AvgIpc) is 3.36. The Labute approximate surface area is 203 Å². The zero-order valence-electron chi connectivity index (χ0n) is 19.7. The monoisotopic (exact) mass is 475 g/mol. The molecule has 3 aromatic carbocycles. The van der Waals surface area contributed by atoms with Gasteiger partial charge in [0.1, 0.15) is 17.3 Å². The van der Waals surface area contributed by atoms with E-state index in [2.05, 4.69) is 5.32 Å². The minimum Gasteiger partial charge on any atom is -0.464 e. The van der Waals surface area contributed by atoms with Crippen LogP contribution in [0.3, 0.4) is 0 Å². The molecule has 0 aromatic heterocycles. The summed E-state index contributed by atoms with van der Waals surface area (Å²) in [7, 11) is 3.84. The molecule has 180 valence electrons. The summed E-state index contributed by atoms with van der Waals surface area (Å²) >= 11 is 0. The number of hydrogen-bond donors (Lipinski definition) is 1. The van der Waals surface area contributed by atoms with Crippen LogP contribution in [0.1, 0.15) is 24.1 Å². The SMILES string of the molecule is CCOC(=O)C1ON(c2ccccc2)C(c2cccc(N(C)C)c2)C12C(=O)Nc1ccc(F)cc12. The van der Waals surface area contributed by atoms with Gasteiger partial charge in [-0.2, -0.15) is 0 Å². The average molecular weight is 476 g/mol. The summed E-state index contributed by atoms with van der Waals surface area (Å²) in [6.45, 7) is 1.80. The van der Waals surface area contributed by atoms with Gasteiger partial charge < -0.3 is 15.0 Å². The quantitative estimate of drug-likeness (QED) is 0.558. The van der Waals surface area contributed by atoms with Gasteiger partial charge in [0, 0.05) is 25.5 Å². The molecule has 3 aromatic rings. The Balaban J connectivity index is 1.81. The number of rotatable bonds is 5. The number of carbonyl (C=O) groups is 2. The van der Waals surface area contributed by atoms with Crippen molar-refractivity contribution >= 4 is 28.9 Å². The van der Waals surface area contributed by atoms with Crippen molar-refractivity contribution in [1.82, 2.24) is 0 Å². The van der Waals surface area contributed by atoms with Crippen molar-refractivity contribution in [3.8, 4) is 0 Å². The maximum Gasteiger partial charge on any atom is 0.339 e. The molecule has 35 heavy (non-hydrogen) atoms. The summed E-state index contributed by atoms with van der Waals surface area (Å²) in [5, 5.41) is 4.44. The largest absolute Gasteiger partial charge is 0.464 e. The van der Waals surface area contributed by atoms with Gasteiger partial charge in [0.2, 0.25) is 12.0 Å². The van der Waals surface area contributed by atoms with Crippen molar-refractivity contribution in [3.63, 3.8) is 0 Å². The van der Waals surface area contributed by atoms with Crippen LogP contribution in [0.2, 0.25) is 0 Å². The summed E-state index contributed by atoms with van der Waals surface area (Å²) in [5.74, 6) is -1.65. The number of hydrogen-bond acceptors (Lipinski definition) is 6. The molecule has 1 fully saturated rings. The molecule has 7 nitrogen and oxygen atoms in total. The molecule has 3 atom stereocenters. The normalized spacial score (nSPS) is 22.7. The highest BCUT2D eigenvalue weighted by atomic mass is 19.1. The summed E-state index contributed by atoms with van der Waals surface area (Å²) in [4.78, 5) is 35.5. The van der Waals surface area contributed by atoms with E-state index in [0.29, 0.717) is 16.9 Å². The first-order valence-electron chi connectivity index (χ1n) is 11.4. The first-order valence-corrected chi connectivity index (χ1v) is 11.4. The maximum atomic E-state index is 14.6. The third kappa shape index (κ3) is 3.52. The molecule has 0 bridgehead atoms. The Morgan fingerprint density at radius 2 is 1.89 bits per heavy atom. The van der Waals surface area contributed by atoms with Crippen LogP contribution in [0, 0.1) is 5.82 Å². The minimum atomic E-state index is -1.59. The Morgan fingerprint density at radius 1 is 1.11 bits per heavy atom. The second kappa shape index (κ2) is 8.70. The van der Waals surface area contributed by atoms with Crippen molar-refractivity contribution in [1.29, 1.82) is 0 Å². The number of esters is 1. The lowest BCUT2D eigenvalue weighted by Crippen LogP contribution is -2.50. The van der Waals surface area contributed by atoms with E-state index in [0.717, 1.165) is 11.3 Å². The fourth-order valence-corrected chi connectivity index (χ4v) is 5.04. The van der Waals surface area contributed by atoms with Crippen molar-refractivity contribution in [2.45, 2.75) is 24.5 Å². The van der Waals surface area contributed by atoms with Gasteiger partial charge in [-0.05, 0) is 60.5 Å². The first-order chi connectivity index (χ1) is 16.9. The van der Waals surface area contributed by atoms with E-state index in [1.165, 1.54) is 18.2 Å². The molecule has 0 saturated carbocycles. The molecule has 0 radical (unpaired) electrons. The standard InChI is InChI=1S/C27H26FN3O4/c1-4-34-25(32)24-27(21-16-18(28)13-14-22(21)29-26(27)33)23(17-9-8-12-20(15-17)30(2)3)31(35-24)19-10-6-5-7-11-19/h5-16,23-24H,4H2,1-3H3,(H,29,33). The number of ether oxygens (including phenoxy) is 1. The molecular weight excluding hydrogens is 449 g/mol. The minimum absolute atomic E-state index is 0.110. The fraction of sp³-hybridized carbons (Fsp3) is 0.259. The molecule has 0 aliphatic carbocycles. The van der Waals surface area contributed by atoms with Gasteiger partial charge in [0.05, 0.1) is 12.3 Å². The number of nitrogens with one attached hydrogen (secondary N) is 1. The summed E-state index contributed by atoms with van der Waals surface area (Å²) in [6, 6.07) is 20.2. The predicted octanol–water partition coefficient (Wildman–Crippen LogP) is 4.21. The zero-order valence-corrected chi connectivity index (χ0v) is 19.7. The van der Waals surface area contributed by atoms with E-state index in [9.17, 15) is 14.0 Å². The highest BCUT2D eigenvalue weighted by molar-refractivity contribution is 6.11. The zero-order chi connectivity index (χ0) is 24.7. The molecule has 2 aliphatic heterocycles. The van der Waals surface area contributed by atoms with Gasteiger partial charge in [-0.25, -0.2) is 14.2 Å². The molecule has 8 heteroatoms. The van der Waals surface area contributed by atoms with Crippen LogP contribution < -0.4 is 15.3 Å². The number of fused-ring (bicyclic) bond motifs is 2. The van der Waals surface area contributed by atoms with Crippen molar-refractivity contribution in [2.75, 3.05) is 36.0 Å². The molecule has 1 N–H and O–H groups in total. The fourth-order valence-electron chi connectivity index (χ4n) is 5.04. The van der Waals surface area contributed by atoms with Crippen LogP contribution in [0.25, 0.3) is 0 Å². The number of halogens is 1. The van der Waals surface area contributed by atoms with E-state index in [4.69, 9.17) is 9.57 Å². The van der Waals surface area contributed by atoms with Gasteiger partial charge in [-0.3, -0.25) is 9.63 Å². The van der Waals surface area contributed by atoms with E-state index in [-0.39, 0.29) is 6.61 Å². The van der Waals surface area contributed by atoms with Crippen LogP contribution in [0.15, 0.2) is 72.8 Å². The Bertz CT molecular complexity index is 1280. The van der Waals surface area contributed by atoms with Crippen molar-refractivity contribution in [2.24, 2.45) is 0 Å². The van der Waals surface area contributed by atoms with Gasteiger partial charge in [0.15, 0.2) is 0 Å². The summed E-state index contributed by atoms with van der Waals surface area (Å²) < 4.78 is 20.0. The Morgan fingerprint density at radius 3 is 2.60 bits per heavy atom. The van der Waals surface area contributed by atoms with Crippen LogP contribution in [-0.4, -0.2) is 38.7 Å². The number of benzene rings is 3. The van der Waals surface area contributed by atoms with Crippen molar-refractivity contribution < 1.29 is 23.6 Å². The number of para-hydroxylation sites is 1. The van der Waals surface area contributed by atoms with Gasteiger partial charge in [-0.15, -0.1) is 0 Å². The predicted molar refractivity (Wildman–Crippen MR) is 131 cm³/mol. The summed E-state index contributed by atoms with van der Waals surface area (Å²) in [6.07, 6.45) is -1.33. The lowest BCUT2D eigenvalue weighted by Gasteiger charge is -2.33. The van der Waals surface area contributed by atoms with Crippen LogP contribution in [-0.2, 0) is 24.6 Å². The second-order valence-electron chi connectivity index (χ2n) is 8.80. The Hall–Kier alpha value is -3.91. The topological polar surface area (TPSA) is 71.1 Å². The number of nitrogens with zero attached hydrogens (tertiary/aromatic N) is 2. The molecule has 2 aliphatic rings. The Kier molecular flexibility index (Phi) is 5.68. The highest BCUT2D eigenvalue weighted by Gasteiger charge is 2.68. The lowest BCUT2D eigenvalue weighted by atomic mass is 9.69. The van der Waals surface area contributed by atoms with Crippen molar-refractivity contribution in [3.05, 3.63) is 89.7 Å². The van der Waals surface area contributed by atoms with Crippen LogP contribution in [0.4, 0.5) is 21.5 Å².